The Morgan fingerprint density at radius 1 is 1.07 bits per heavy atom. The summed E-state index contributed by atoms with van der Waals surface area (Å²) >= 11 is 1.70. The second kappa shape index (κ2) is 8.88. The fourth-order valence-electron chi connectivity index (χ4n) is 2.89. The van der Waals surface area contributed by atoms with E-state index < -0.39 is 0 Å². The fraction of sp³-hybridized carbons (Fsp3) is 0.238. The van der Waals surface area contributed by atoms with E-state index in [0.717, 1.165) is 11.1 Å². The smallest absolute Gasteiger partial charge is 0.291 e. The van der Waals surface area contributed by atoms with Crippen LogP contribution in [-0.4, -0.2) is 53.2 Å². The first-order valence-corrected chi connectivity index (χ1v) is 9.95. The van der Waals surface area contributed by atoms with Gasteiger partial charge in [0.05, 0.1) is 6.67 Å². The van der Waals surface area contributed by atoms with Gasteiger partial charge in [0.15, 0.2) is 0 Å². The lowest BCUT2D eigenvalue weighted by Crippen LogP contribution is -2.39. The number of carbonyl (C=O) groups is 2. The van der Waals surface area contributed by atoms with Gasteiger partial charge in [-0.1, -0.05) is 42.5 Å². The summed E-state index contributed by atoms with van der Waals surface area (Å²) in [5, 5.41) is 0. The van der Waals surface area contributed by atoms with Crippen molar-refractivity contribution in [2.24, 2.45) is 0 Å². The van der Waals surface area contributed by atoms with Crippen molar-refractivity contribution in [1.82, 2.24) is 14.7 Å². The van der Waals surface area contributed by atoms with Crippen molar-refractivity contribution in [3.05, 3.63) is 71.9 Å². The summed E-state index contributed by atoms with van der Waals surface area (Å²) in [6.45, 7) is 1.03. The first kappa shape index (κ1) is 19.2. The Balaban J connectivity index is 1.58. The van der Waals surface area contributed by atoms with E-state index in [2.05, 4.69) is 24.3 Å². The van der Waals surface area contributed by atoms with E-state index in [1.807, 2.05) is 54.6 Å². The molecule has 27 heavy (non-hydrogen) atoms. The normalized spacial score (nSPS) is 14.8. The Hall–Kier alpha value is -2.57. The van der Waals surface area contributed by atoms with Crippen LogP contribution in [0, 0.1) is 0 Å². The predicted molar refractivity (Wildman–Crippen MR) is 109 cm³/mol. The number of hydrogen-bond donors (Lipinski definition) is 0. The quantitative estimate of drug-likeness (QED) is 0.541. The number of urea groups is 1. The lowest BCUT2D eigenvalue weighted by atomic mass is 10.2. The van der Waals surface area contributed by atoms with Crippen LogP contribution < -0.4 is 0 Å². The minimum absolute atomic E-state index is 0.0818. The van der Waals surface area contributed by atoms with Crippen molar-refractivity contribution in [2.75, 3.05) is 26.5 Å². The van der Waals surface area contributed by atoms with Gasteiger partial charge in [-0.15, -0.1) is 11.8 Å². The Bertz CT molecular complexity index is 821. The van der Waals surface area contributed by atoms with Gasteiger partial charge in [0.25, 0.3) is 5.91 Å². The molecule has 2 aromatic rings. The summed E-state index contributed by atoms with van der Waals surface area (Å²) in [5.74, 6) is -0.178. The zero-order chi connectivity index (χ0) is 19.2. The maximum Gasteiger partial charge on any atom is 0.332 e. The van der Waals surface area contributed by atoms with E-state index >= 15 is 0 Å². The van der Waals surface area contributed by atoms with Gasteiger partial charge >= 0.3 is 6.03 Å². The zero-order valence-corrected chi connectivity index (χ0v) is 16.4. The SMILES string of the molecule is CSc1ccc(CN(C)CN2C(=O)CN(C=Cc3ccccc3)C2=O)cc1. The lowest BCUT2D eigenvalue weighted by Gasteiger charge is -2.22. The van der Waals surface area contributed by atoms with Crippen molar-refractivity contribution in [1.29, 1.82) is 0 Å². The minimum Gasteiger partial charge on any atom is -0.291 e. The summed E-state index contributed by atoms with van der Waals surface area (Å²) in [7, 11) is 1.91. The maximum atomic E-state index is 12.6. The highest BCUT2D eigenvalue weighted by Gasteiger charge is 2.35. The third-order valence-corrected chi connectivity index (χ3v) is 5.07. The highest BCUT2D eigenvalue weighted by molar-refractivity contribution is 7.98. The van der Waals surface area contributed by atoms with Crippen molar-refractivity contribution >= 4 is 29.8 Å². The molecule has 0 bridgehead atoms. The van der Waals surface area contributed by atoms with Gasteiger partial charge < -0.3 is 0 Å². The van der Waals surface area contributed by atoms with Gasteiger partial charge in [-0.05, 0) is 42.6 Å². The standard InChI is InChI=1S/C21H23N3O2S/c1-22(14-18-8-10-19(27-2)11-9-18)16-24-20(25)15-23(21(24)26)13-12-17-6-4-3-5-7-17/h3-13H,14-16H2,1-2H3. The van der Waals surface area contributed by atoms with Crippen LogP contribution >= 0.6 is 11.8 Å². The van der Waals surface area contributed by atoms with Gasteiger partial charge in [-0.2, -0.15) is 0 Å². The van der Waals surface area contributed by atoms with Crippen molar-refractivity contribution < 1.29 is 9.59 Å². The summed E-state index contributed by atoms with van der Waals surface area (Å²) in [5.41, 5.74) is 2.14. The molecule has 0 saturated carbocycles. The summed E-state index contributed by atoms with van der Waals surface area (Å²) < 4.78 is 0. The topological polar surface area (TPSA) is 43.9 Å². The molecule has 0 aromatic heterocycles. The Morgan fingerprint density at radius 2 is 1.78 bits per heavy atom. The zero-order valence-electron chi connectivity index (χ0n) is 15.5. The van der Waals surface area contributed by atoms with E-state index in [0.29, 0.717) is 6.54 Å². The molecule has 3 amide bonds. The van der Waals surface area contributed by atoms with Gasteiger partial charge in [-0.3, -0.25) is 14.6 Å². The molecule has 0 N–H and O–H groups in total. The first-order valence-electron chi connectivity index (χ1n) is 8.72. The first-order chi connectivity index (χ1) is 13.1. The molecule has 1 aliphatic heterocycles. The number of rotatable bonds is 7. The van der Waals surface area contributed by atoms with Gasteiger partial charge in [0, 0.05) is 17.6 Å². The molecule has 5 nitrogen and oxygen atoms in total. The van der Waals surface area contributed by atoms with Crippen LogP contribution in [0.5, 0.6) is 0 Å². The molecule has 1 saturated heterocycles. The summed E-state index contributed by atoms with van der Waals surface area (Å²) in [6, 6.07) is 17.7. The number of imide groups is 1. The highest BCUT2D eigenvalue weighted by Crippen LogP contribution is 2.17. The fourth-order valence-corrected chi connectivity index (χ4v) is 3.30. The van der Waals surface area contributed by atoms with Crippen molar-refractivity contribution in [2.45, 2.75) is 11.4 Å². The van der Waals surface area contributed by atoms with Crippen molar-refractivity contribution in [3.63, 3.8) is 0 Å². The van der Waals surface area contributed by atoms with Crippen LogP contribution in [0.4, 0.5) is 4.79 Å². The number of thioether (sulfide) groups is 1. The molecule has 0 atom stereocenters. The summed E-state index contributed by atoms with van der Waals surface area (Å²) in [4.78, 5) is 30.8. The molecule has 6 heteroatoms. The number of nitrogens with zero attached hydrogens (tertiary/aromatic N) is 3. The largest absolute Gasteiger partial charge is 0.332 e. The number of benzene rings is 2. The van der Waals surface area contributed by atoms with E-state index in [4.69, 9.17) is 0 Å². The molecule has 0 unspecified atom stereocenters. The van der Waals surface area contributed by atoms with Crippen LogP contribution in [0.3, 0.4) is 0 Å². The third kappa shape index (κ3) is 4.99. The molecule has 3 rings (SSSR count). The van der Waals surface area contributed by atoms with E-state index in [-0.39, 0.29) is 25.2 Å². The van der Waals surface area contributed by atoms with E-state index in [1.54, 1.807) is 18.0 Å². The Morgan fingerprint density at radius 3 is 2.44 bits per heavy atom. The predicted octanol–water partition coefficient (Wildman–Crippen LogP) is 3.73. The molecule has 0 radical (unpaired) electrons. The second-order valence-electron chi connectivity index (χ2n) is 6.46. The molecular weight excluding hydrogens is 358 g/mol. The van der Waals surface area contributed by atoms with Crippen LogP contribution in [0.2, 0.25) is 0 Å². The van der Waals surface area contributed by atoms with Crippen LogP contribution in [0.25, 0.3) is 6.08 Å². The molecule has 2 aromatic carbocycles. The van der Waals surface area contributed by atoms with Gasteiger partial charge in [0.2, 0.25) is 0 Å². The number of amides is 3. The highest BCUT2D eigenvalue weighted by atomic mass is 32.2. The molecular formula is C21H23N3O2S. The number of hydrogen-bond acceptors (Lipinski definition) is 4. The van der Waals surface area contributed by atoms with Crippen molar-refractivity contribution in [3.8, 4) is 0 Å². The van der Waals surface area contributed by atoms with Gasteiger partial charge in [0.1, 0.15) is 6.54 Å². The second-order valence-corrected chi connectivity index (χ2v) is 7.34. The average molecular weight is 382 g/mol. The maximum absolute atomic E-state index is 12.6. The van der Waals surface area contributed by atoms with E-state index in [1.165, 1.54) is 14.7 Å². The Labute approximate surface area is 164 Å². The van der Waals surface area contributed by atoms with Crippen LogP contribution in [-0.2, 0) is 11.3 Å². The van der Waals surface area contributed by atoms with Crippen LogP contribution in [0.1, 0.15) is 11.1 Å². The Kier molecular flexibility index (Phi) is 6.32. The van der Waals surface area contributed by atoms with Crippen LogP contribution in [0.15, 0.2) is 65.7 Å². The minimum atomic E-state index is -0.281. The molecule has 140 valence electrons. The summed E-state index contributed by atoms with van der Waals surface area (Å²) in [6.07, 6.45) is 5.56. The van der Waals surface area contributed by atoms with E-state index in [9.17, 15) is 9.59 Å². The van der Waals surface area contributed by atoms with Gasteiger partial charge in [-0.25, -0.2) is 9.69 Å². The molecule has 1 fully saturated rings. The molecule has 1 aliphatic rings. The molecule has 0 spiro atoms. The average Bonchev–Trinajstić information content (AvgIpc) is 2.95. The number of carbonyl (C=O) groups excluding carboxylic acids is 2. The molecule has 0 aliphatic carbocycles. The third-order valence-electron chi connectivity index (χ3n) is 4.32. The lowest BCUT2D eigenvalue weighted by molar-refractivity contribution is -0.126. The monoisotopic (exact) mass is 381 g/mol. The molecule has 1 heterocycles.